The molecule has 1 saturated heterocycles. The number of nitrogens with zero attached hydrogens (tertiary/aromatic N) is 1. The van der Waals surface area contributed by atoms with Crippen LogP contribution in [0, 0.1) is 0 Å². The monoisotopic (exact) mass is 243 g/mol. The number of rotatable bonds is 2. The van der Waals surface area contributed by atoms with Crippen molar-refractivity contribution >= 4 is 5.91 Å². The fourth-order valence-corrected chi connectivity index (χ4v) is 1.71. The SMILES string of the molecule is O=C(Cc1cccc(C(F)(F)F)c1)N1CCC1. The van der Waals surface area contributed by atoms with E-state index in [1.54, 1.807) is 11.0 Å². The van der Waals surface area contributed by atoms with Crippen molar-refractivity contribution in [2.45, 2.75) is 19.0 Å². The molecular weight excluding hydrogens is 231 g/mol. The minimum Gasteiger partial charge on any atom is -0.342 e. The summed E-state index contributed by atoms with van der Waals surface area (Å²) < 4.78 is 37.3. The Morgan fingerprint density at radius 3 is 2.53 bits per heavy atom. The van der Waals surface area contributed by atoms with Gasteiger partial charge in [0.15, 0.2) is 0 Å². The van der Waals surface area contributed by atoms with Crippen LogP contribution in [-0.4, -0.2) is 23.9 Å². The van der Waals surface area contributed by atoms with Gasteiger partial charge >= 0.3 is 6.18 Å². The van der Waals surface area contributed by atoms with E-state index < -0.39 is 11.7 Å². The Hall–Kier alpha value is -1.52. The van der Waals surface area contributed by atoms with Gasteiger partial charge in [-0.25, -0.2) is 0 Å². The van der Waals surface area contributed by atoms with Crippen LogP contribution in [0.4, 0.5) is 13.2 Å². The van der Waals surface area contributed by atoms with Crippen LogP contribution in [-0.2, 0) is 17.4 Å². The number of amides is 1. The van der Waals surface area contributed by atoms with Gasteiger partial charge in [0.2, 0.25) is 5.91 Å². The normalized spacial score (nSPS) is 15.6. The Morgan fingerprint density at radius 2 is 2.00 bits per heavy atom. The van der Waals surface area contributed by atoms with Gasteiger partial charge in [-0.15, -0.1) is 0 Å². The van der Waals surface area contributed by atoms with Crippen molar-refractivity contribution in [3.05, 3.63) is 35.4 Å². The molecule has 2 nitrogen and oxygen atoms in total. The molecule has 0 atom stereocenters. The van der Waals surface area contributed by atoms with Crippen LogP contribution in [0.25, 0.3) is 0 Å². The topological polar surface area (TPSA) is 20.3 Å². The molecule has 1 aromatic carbocycles. The van der Waals surface area contributed by atoms with Gasteiger partial charge in [0.05, 0.1) is 12.0 Å². The minimum atomic E-state index is -4.35. The van der Waals surface area contributed by atoms with Crippen LogP contribution in [0.2, 0.25) is 0 Å². The van der Waals surface area contributed by atoms with Crippen LogP contribution >= 0.6 is 0 Å². The highest BCUT2D eigenvalue weighted by Gasteiger charge is 2.30. The van der Waals surface area contributed by atoms with Crippen molar-refractivity contribution < 1.29 is 18.0 Å². The van der Waals surface area contributed by atoms with Crippen molar-refractivity contribution in [3.63, 3.8) is 0 Å². The number of hydrogen-bond donors (Lipinski definition) is 0. The lowest BCUT2D eigenvalue weighted by Gasteiger charge is -2.31. The van der Waals surface area contributed by atoms with Gasteiger partial charge in [0, 0.05) is 13.1 Å². The Balaban J connectivity index is 2.08. The summed E-state index contributed by atoms with van der Waals surface area (Å²) in [6.45, 7) is 1.44. The highest BCUT2D eigenvalue weighted by atomic mass is 19.4. The zero-order valence-electron chi connectivity index (χ0n) is 9.13. The standard InChI is InChI=1S/C12H12F3NO/c13-12(14,15)10-4-1-3-9(7-10)8-11(17)16-5-2-6-16/h1,3-4,7H,2,5-6,8H2. The third-order valence-corrected chi connectivity index (χ3v) is 2.82. The van der Waals surface area contributed by atoms with Crippen molar-refractivity contribution in [2.24, 2.45) is 0 Å². The van der Waals surface area contributed by atoms with Crippen molar-refractivity contribution in [2.75, 3.05) is 13.1 Å². The third kappa shape index (κ3) is 2.78. The molecule has 1 aliphatic heterocycles. The van der Waals surface area contributed by atoms with E-state index in [0.29, 0.717) is 5.56 Å². The fraction of sp³-hybridized carbons (Fsp3) is 0.417. The Bertz CT molecular complexity index is 424. The molecule has 0 radical (unpaired) electrons. The minimum absolute atomic E-state index is 0.0456. The van der Waals surface area contributed by atoms with Gasteiger partial charge in [0.25, 0.3) is 0 Å². The van der Waals surface area contributed by atoms with Crippen molar-refractivity contribution in [1.82, 2.24) is 4.90 Å². The number of halogens is 3. The first-order valence-electron chi connectivity index (χ1n) is 5.41. The zero-order chi connectivity index (χ0) is 12.5. The van der Waals surface area contributed by atoms with Crippen molar-refractivity contribution in [3.8, 4) is 0 Å². The molecule has 0 bridgehead atoms. The van der Waals surface area contributed by atoms with Crippen molar-refractivity contribution in [1.29, 1.82) is 0 Å². The molecule has 17 heavy (non-hydrogen) atoms. The molecule has 2 rings (SSSR count). The second-order valence-corrected chi connectivity index (χ2v) is 4.11. The van der Waals surface area contributed by atoms with Gasteiger partial charge in [-0.3, -0.25) is 4.79 Å². The number of carbonyl (C=O) groups is 1. The molecule has 0 N–H and O–H groups in total. The molecule has 0 aromatic heterocycles. The Morgan fingerprint density at radius 1 is 1.29 bits per heavy atom. The molecule has 1 heterocycles. The summed E-state index contributed by atoms with van der Waals surface area (Å²) in [4.78, 5) is 13.3. The summed E-state index contributed by atoms with van der Waals surface area (Å²) in [5.41, 5.74) is -0.289. The summed E-state index contributed by atoms with van der Waals surface area (Å²) in [5.74, 6) is -0.101. The van der Waals surface area contributed by atoms with Crippen LogP contribution < -0.4 is 0 Å². The van der Waals surface area contributed by atoms with Crippen LogP contribution in [0.5, 0.6) is 0 Å². The molecular formula is C12H12F3NO. The van der Waals surface area contributed by atoms with E-state index in [0.717, 1.165) is 31.6 Å². The van der Waals surface area contributed by atoms with E-state index in [1.807, 2.05) is 0 Å². The predicted octanol–water partition coefficient (Wildman–Crippen LogP) is 2.48. The molecule has 1 fully saturated rings. The quantitative estimate of drug-likeness (QED) is 0.781. The zero-order valence-corrected chi connectivity index (χ0v) is 9.13. The molecule has 0 saturated carbocycles. The highest BCUT2D eigenvalue weighted by Crippen LogP contribution is 2.29. The van der Waals surface area contributed by atoms with E-state index >= 15 is 0 Å². The van der Waals surface area contributed by atoms with Gasteiger partial charge in [-0.1, -0.05) is 18.2 Å². The molecule has 0 aliphatic carbocycles. The van der Waals surface area contributed by atoms with Crippen LogP contribution in [0.15, 0.2) is 24.3 Å². The Kier molecular flexibility index (Phi) is 3.09. The largest absolute Gasteiger partial charge is 0.416 e. The summed E-state index contributed by atoms with van der Waals surface area (Å²) in [6.07, 6.45) is -3.33. The van der Waals surface area contributed by atoms with Gasteiger partial charge < -0.3 is 4.90 Å². The number of hydrogen-bond acceptors (Lipinski definition) is 1. The average Bonchev–Trinajstić information content (AvgIpc) is 2.13. The molecule has 1 amide bonds. The number of alkyl halides is 3. The number of carbonyl (C=O) groups excluding carboxylic acids is 1. The molecule has 0 spiro atoms. The summed E-state index contributed by atoms with van der Waals surface area (Å²) in [5, 5.41) is 0. The molecule has 0 unspecified atom stereocenters. The molecule has 1 aromatic rings. The maximum absolute atomic E-state index is 12.4. The summed E-state index contributed by atoms with van der Waals surface area (Å²) in [7, 11) is 0. The molecule has 92 valence electrons. The van der Waals surface area contributed by atoms with Crippen LogP contribution in [0.1, 0.15) is 17.5 Å². The van der Waals surface area contributed by atoms with E-state index in [-0.39, 0.29) is 12.3 Å². The first kappa shape index (κ1) is 12.0. The maximum atomic E-state index is 12.4. The van der Waals surface area contributed by atoms with Crippen LogP contribution in [0.3, 0.4) is 0 Å². The third-order valence-electron chi connectivity index (χ3n) is 2.82. The fourth-order valence-electron chi connectivity index (χ4n) is 1.71. The summed E-state index contributed by atoms with van der Waals surface area (Å²) >= 11 is 0. The Labute approximate surface area is 97.0 Å². The predicted molar refractivity (Wildman–Crippen MR) is 56.3 cm³/mol. The highest BCUT2D eigenvalue weighted by molar-refractivity contribution is 5.79. The van der Waals surface area contributed by atoms with E-state index in [2.05, 4.69) is 0 Å². The second-order valence-electron chi connectivity index (χ2n) is 4.11. The first-order valence-corrected chi connectivity index (χ1v) is 5.41. The van der Waals surface area contributed by atoms with Gasteiger partial charge in [-0.2, -0.15) is 13.2 Å². The average molecular weight is 243 g/mol. The lowest BCUT2D eigenvalue weighted by atomic mass is 10.1. The second kappa shape index (κ2) is 4.39. The molecule has 1 aliphatic rings. The number of likely N-dealkylation sites (tertiary alicyclic amines) is 1. The summed E-state index contributed by atoms with van der Waals surface area (Å²) in [6, 6.07) is 4.93. The lowest BCUT2D eigenvalue weighted by molar-refractivity contribution is -0.138. The first-order chi connectivity index (χ1) is 7.97. The van der Waals surface area contributed by atoms with E-state index in [4.69, 9.17) is 0 Å². The van der Waals surface area contributed by atoms with E-state index in [9.17, 15) is 18.0 Å². The maximum Gasteiger partial charge on any atom is 0.416 e. The number of benzene rings is 1. The smallest absolute Gasteiger partial charge is 0.342 e. The lowest BCUT2D eigenvalue weighted by Crippen LogP contribution is -2.42. The van der Waals surface area contributed by atoms with Gasteiger partial charge in [-0.05, 0) is 18.1 Å². The van der Waals surface area contributed by atoms with E-state index in [1.165, 1.54) is 6.07 Å². The molecule has 5 heteroatoms. The van der Waals surface area contributed by atoms with Gasteiger partial charge in [0.1, 0.15) is 0 Å².